The lowest BCUT2D eigenvalue weighted by Crippen LogP contribution is -2.44. The number of carbonyl (C=O) groups is 3. The fraction of sp³-hybridized carbons (Fsp3) is 0.667. The van der Waals surface area contributed by atoms with Crippen molar-refractivity contribution in [3.8, 4) is 0 Å². The predicted octanol–water partition coefficient (Wildman–Crippen LogP) is -1.57. The summed E-state index contributed by atoms with van der Waals surface area (Å²) in [7, 11) is 0. The molecule has 0 unspecified atom stereocenters. The van der Waals surface area contributed by atoms with E-state index in [4.69, 9.17) is 10.8 Å². The monoisotopic (exact) mass is 231 g/mol. The van der Waals surface area contributed by atoms with Crippen molar-refractivity contribution in [3.63, 3.8) is 0 Å². The third-order valence-electron chi connectivity index (χ3n) is 1.85. The molecule has 0 fully saturated rings. The van der Waals surface area contributed by atoms with Crippen molar-refractivity contribution in [2.45, 2.75) is 25.8 Å². The van der Waals surface area contributed by atoms with E-state index in [1.165, 1.54) is 0 Å². The molecule has 0 aliphatic carbocycles. The summed E-state index contributed by atoms with van der Waals surface area (Å²) in [6.07, 6.45) is -0.0685. The van der Waals surface area contributed by atoms with Gasteiger partial charge in [0.15, 0.2) is 0 Å². The Labute approximate surface area is 93.4 Å². The first kappa shape index (κ1) is 14.4. The van der Waals surface area contributed by atoms with Gasteiger partial charge in [-0.15, -0.1) is 0 Å². The number of likely N-dealkylation sites (N-methyl/N-ethyl adjacent to an activating group) is 1. The summed E-state index contributed by atoms with van der Waals surface area (Å²) < 4.78 is 0. The maximum Gasteiger partial charge on any atom is 0.326 e. The van der Waals surface area contributed by atoms with Crippen molar-refractivity contribution < 1.29 is 19.5 Å². The van der Waals surface area contributed by atoms with Crippen molar-refractivity contribution in [1.82, 2.24) is 10.6 Å². The van der Waals surface area contributed by atoms with E-state index >= 15 is 0 Å². The molecule has 92 valence electrons. The number of carboxylic acid groups (broad SMARTS) is 1. The summed E-state index contributed by atoms with van der Waals surface area (Å²) in [5, 5.41) is 13.8. The number of hydrogen-bond acceptors (Lipinski definition) is 4. The SMILES string of the molecule is CCNCC(=O)N[C@@H](CCC(N)=O)C(=O)O. The quantitative estimate of drug-likeness (QED) is 0.402. The second-order valence-corrected chi connectivity index (χ2v) is 3.24. The molecule has 0 aromatic carbocycles. The third-order valence-corrected chi connectivity index (χ3v) is 1.85. The lowest BCUT2D eigenvalue weighted by Gasteiger charge is -2.13. The van der Waals surface area contributed by atoms with Gasteiger partial charge in [-0.3, -0.25) is 9.59 Å². The van der Waals surface area contributed by atoms with Gasteiger partial charge < -0.3 is 21.5 Å². The van der Waals surface area contributed by atoms with E-state index < -0.39 is 23.8 Å². The summed E-state index contributed by atoms with van der Waals surface area (Å²) in [5.41, 5.74) is 4.89. The van der Waals surface area contributed by atoms with Crippen LogP contribution in [0.15, 0.2) is 0 Å². The Bertz CT molecular complexity index is 267. The fourth-order valence-electron chi connectivity index (χ4n) is 1.03. The number of aliphatic carboxylic acids is 1. The number of primary amides is 1. The molecule has 7 nitrogen and oxygen atoms in total. The van der Waals surface area contributed by atoms with Gasteiger partial charge in [-0.05, 0) is 13.0 Å². The molecule has 1 atom stereocenters. The first-order valence-corrected chi connectivity index (χ1v) is 4.98. The topological polar surface area (TPSA) is 122 Å². The average molecular weight is 231 g/mol. The number of nitrogens with one attached hydrogen (secondary N) is 2. The van der Waals surface area contributed by atoms with Crippen molar-refractivity contribution in [3.05, 3.63) is 0 Å². The highest BCUT2D eigenvalue weighted by Gasteiger charge is 2.19. The predicted molar refractivity (Wildman–Crippen MR) is 56.5 cm³/mol. The Morgan fingerprint density at radius 2 is 2.00 bits per heavy atom. The zero-order valence-electron chi connectivity index (χ0n) is 9.16. The molecule has 2 amide bonds. The molecule has 0 saturated heterocycles. The Morgan fingerprint density at radius 3 is 2.44 bits per heavy atom. The van der Waals surface area contributed by atoms with Crippen LogP contribution in [0, 0.1) is 0 Å². The van der Waals surface area contributed by atoms with Crippen LogP contribution in [0.4, 0.5) is 0 Å². The molecule has 0 aromatic rings. The van der Waals surface area contributed by atoms with Crippen LogP contribution in [-0.2, 0) is 14.4 Å². The molecule has 0 spiro atoms. The van der Waals surface area contributed by atoms with E-state index in [2.05, 4.69) is 10.6 Å². The maximum atomic E-state index is 11.2. The Kier molecular flexibility index (Phi) is 6.86. The minimum atomic E-state index is -1.17. The van der Waals surface area contributed by atoms with Gasteiger partial charge in [-0.2, -0.15) is 0 Å². The normalized spacial score (nSPS) is 11.8. The van der Waals surface area contributed by atoms with Crippen LogP contribution in [0.1, 0.15) is 19.8 Å². The van der Waals surface area contributed by atoms with E-state index in [0.717, 1.165) is 0 Å². The maximum absolute atomic E-state index is 11.2. The van der Waals surface area contributed by atoms with E-state index in [9.17, 15) is 14.4 Å². The number of carbonyl (C=O) groups excluding carboxylic acids is 2. The van der Waals surface area contributed by atoms with Crippen LogP contribution >= 0.6 is 0 Å². The standard InChI is InChI=1S/C9H17N3O4/c1-2-11-5-8(14)12-6(9(15)16)3-4-7(10)13/h6,11H,2-5H2,1H3,(H2,10,13)(H,12,14)(H,15,16)/t6-/m0/s1. The lowest BCUT2D eigenvalue weighted by molar-refractivity contribution is -0.142. The largest absolute Gasteiger partial charge is 0.480 e. The minimum Gasteiger partial charge on any atom is -0.480 e. The molecule has 0 aliphatic heterocycles. The fourth-order valence-corrected chi connectivity index (χ4v) is 1.03. The number of carboxylic acids is 1. The highest BCUT2D eigenvalue weighted by atomic mass is 16.4. The first-order valence-electron chi connectivity index (χ1n) is 4.98. The zero-order valence-corrected chi connectivity index (χ0v) is 9.16. The summed E-state index contributed by atoms with van der Waals surface area (Å²) >= 11 is 0. The lowest BCUT2D eigenvalue weighted by atomic mass is 10.1. The summed E-state index contributed by atoms with van der Waals surface area (Å²) in [4.78, 5) is 32.4. The molecule has 0 saturated carbocycles. The molecule has 0 rings (SSSR count). The van der Waals surface area contributed by atoms with Crippen LogP contribution in [0.2, 0.25) is 0 Å². The van der Waals surface area contributed by atoms with E-state index in [0.29, 0.717) is 6.54 Å². The molecule has 0 aromatic heterocycles. The van der Waals surface area contributed by atoms with Gasteiger partial charge in [-0.25, -0.2) is 4.79 Å². The average Bonchev–Trinajstić information content (AvgIpc) is 2.20. The van der Waals surface area contributed by atoms with E-state index in [-0.39, 0.29) is 19.4 Å². The van der Waals surface area contributed by atoms with Gasteiger partial charge in [0.1, 0.15) is 6.04 Å². The number of nitrogens with two attached hydrogens (primary N) is 1. The molecular formula is C9H17N3O4. The van der Waals surface area contributed by atoms with Gasteiger partial charge in [0, 0.05) is 6.42 Å². The van der Waals surface area contributed by atoms with Crippen LogP contribution < -0.4 is 16.4 Å². The van der Waals surface area contributed by atoms with Crippen molar-refractivity contribution in [2.24, 2.45) is 5.73 Å². The Morgan fingerprint density at radius 1 is 1.38 bits per heavy atom. The summed E-state index contributed by atoms with van der Waals surface area (Å²) in [5.74, 6) is -2.18. The van der Waals surface area contributed by atoms with Crippen molar-refractivity contribution >= 4 is 17.8 Å². The molecule has 7 heteroatoms. The number of rotatable bonds is 8. The van der Waals surface area contributed by atoms with Crippen molar-refractivity contribution in [1.29, 1.82) is 0 Å². The molecule has 16 heavy (non-hydrogen) atoms. The highest BCUT2D eigenvalue weighted by Crippen LogP contribution is 1.97. The number of amides is 2. The third kappa shape index (κ3) is 6.77. The molecule has 5 N–H and O–H groups in total. The first-order chi connectivity index (χ1) is 7.47. The van der Waals surface area contributed by atoms with Gasteiger partial charge in [0.05, 0.1) is 6.54 Å². The van der Waals surface area contributed by atoms with Crippen LogP contribution in [-0.4, -0.2) is 42.0 Å². The highest BCUT2D eigenvalue weighted by molar-refractivity contribution is 5.85. The van der Waals surface area contributed by atoms with Gasteiger partial charge in [0.2, 0.25) is 11.8 Å². The van der Waals surface area contributed by atoms with Crippen LogP contribution in [0.25, 0.3) is 0 Å². The summed E-state index contributed by atoms with van der Waals surface area (Å²) in [6.45, 7) is 2.50. The van der Waals surface area contributed by atoms with E-state index in [1.54, 1.807) is 0 Å². The molecule has 0 aliphatic rings. The van der Waals surface area contributed by atoms with Crippen LogP contribution in [0.5, 0.6) is 0 Å². The van der Waals surface area contributed by atoms with Gasteiger partial charge in [0.25, 0.3) is 0 Å². The molecule has 0 heterocycles. The molecular weight excluding hydrogens is 214 g/mol. The van der Waals surface area contributed by atoms with Crippen molar-refractivity contribution in [2.75, 3.05) is 13.1 Å². The van der Waals surface area contributed by atoms with Crippen LogP contribution in [0.3, 0.4) is 0 Å². The molecule has 0 radical (unpaired) electrons. The number of hydrogen-bond donors (Lipinski definition) is 4. The Hall–Kier alpha value is -1.63. The second kappa shape index (κ2) is 7.63. The van der Waals surface area contributed by atoms with Gasteiger partial charge >= 0.3 is 5.97 Å². The minimum absolute atomic E-state index is 0.00251. The molecule has 0 bridgehead atoms. The Balaban J connectivity index is 4.07. The second-order valence-electron chi connectivity index (χ2n) is 3.24. The smallest absolute Gasteiger partial charge is 0.326 e. The van der Waals surface area contributed by atoms with E-state index in [1.807, 2.05) is 6.92 Å². The zero-order chi connectivity index (χ0) is 12.6. The van der Waals surface area contributed by atoms with Gasteiger partial charge in [-0.1, -0.05) is 6.92 Å². The summed E-state index contributed by atoms with van der Waals surface area (Å²) in [6, 6.07) is -1.07.